The molecule has 4 nitrogen and oxygen atoms in total. The number of amides is 1. The van der Waals surface area contributed by atoms with Gasteiger partial charge in [-0.1, -0.05) is 20.8 Å². The second-order valence-corrected chi connectivity index (χ2v) is 4.85. The molecule has 0 radical (unpaired) electrons. The number of β-amino-alcohol motifs (C(OH)–C–C–N with tert-alkyl or cyclic N) is 1. The summed E-state index contributed by atoms with van der Waals surface area (Å²) in [7, 11) is 0. The van der Waals surface area contributed by atoms with Crippen LogP contribution in [0.25, 0.3) is 0 Å². The van der Waals surface area contributed by atoms with Crippen molar-refractivity contribution in [2.75, 3.05) is 19.6 Å². The van der Waals surface area contributed by atoms with Crippen molar-refractivity contribution >= 4 is 5.91 Å². The zero-order valence-corrected chi connectivity index (χ0v) is 10.6. The maximum absolute atomic E-state index is 12.0. The van der Waals surface area contributed by atoms with E-state index in [9.17, 15) is 9.90 Å². The van der Waals surface area contributed by atoms with E-state index in [2.05, 4.69) is 5.32 Å². The first kappa shape index (κ1) is 13.5. The van der Waals surface area contributed by atoms with Gasteiger partial charge in [0.1, 0.15) is 0 Å². The highest BCUT2D eigenvalue weighted by Crippen LogP contribution is 2.14. The van der Waals surface area contributed by atoms with Crippen LogP contribution in [0.3, 0.4) is 0 Å². The predicted octanol–water partition coefficient (Wildman–Crippen LogP) is 0.604. The van der Waals surface area contributed by atoms with Gasteiger partial charge in [0.05, 0.1) is 12.1 Å². The van der Waals surface area contributed by atoms with Gasteiger partial charge in [-0.05, 0) is 25.3 Å². The minimum atomic E-state index is -0.413. The predicted molar refractivity (Wildman–Crippen MR) is 64.1 cm³/mol. The van der Waals surface area contributed by atoms with Crippen molar-refractivity contribution in [1.82, 2.24) is 10.2 Å². The van der Waals surface area contributed by atoms with E-state index in [4.69, 9.17) is 0 Å². The van der Waals surface area contributed by atoms with Crippen LogP contribution in [0.15, 0.2) is 0 Å². The molecule has 0 bridgehead atoms. The van der Waals surface area contributed by atoms with E-state index >= 15 is 0 Å². The molecule has 1 saturated heterocycles. The highest BCUT2D eigenvalue weighted by atomic mass is 16.3. The number of likely N-dealkylation sites (tertiary alicyclic amines) is 1. The second-order valence-electron chi connectivity index (χ2n) is 4.85. The Bertz CT molecular complexity index is 229. The van der Waals surface area contributed by atoms with Crippen molar-refractivity contribution in [1.29, 1.82) is 0 Å². The van der Waals surface area contributed by atoms with Gasteiger partial charge in [0, 0.05) is 13.1 Å². The Labute approximate surface area is 98.0 Å². The molecule has 1 fully saturated rings. The number of piperidine rings is 1. The number of aliphatic hydroxyl groups is 1. The maximum Gasteiger partial charge on any atom is 0.239 e. The van der Waals surface area contributed by atoms with Crippen LogP contribution < -0.4 is 5.32 Å². The molecular weight excluding hydrogens is 204 g/mol. The lowest BCUT2D eigenvalue weighted by Gasteiger charge is -2.34. The van der Waals surface area contributed by atoms with Gasteiger partial charge in [-0.2, -0.15) is 0 Å². The van der Waals surface area contributed by atoms with Gasteiger partial charge in [0.25, 0.3) is 0 Å². The molecule has 94 valence electrons. The highest BCUT2D eigenvalue weighted by molar-refractivity contribution is 5.82. The fourth-order valence-electron chi connectivity index (χ4n) is 1.99. The van der Waals surface area contributed by atoms with Crippen LogP contribution in [0.1, 0.15) is 33.6 Å². The molecule has 1 rings (SSSR count). The third kappa shape index (κ3) is 3.46. The molecule has 4 heteroatoms. The van der Waals surface area contributed by atoms with Crippen molar-refractivity contribution in [2.45, 2.75) is 45.8 Å². The Morgan fingerprint density at radius 1 is 1.56 bits per heavy atom. The molecule has 2 atom stereocenters. The standard InChI is InChI=1S/C12H24N2O2/c1-4-13-10-6-5-7-14(12(10)16)8-11(15)9(2)3/h9-11,13,15H,4-8H2,1-3H3. The molecule has 1 aliphatic heterocycles. The van der Waals surface area contributed by atoms with Crippen LogP contribution in [0, 0.1) is 5.92 Å². The zero-order chi connectivity index (χ0) is 12.1. The molecular formula is C12H24N2O2. The zero-order valence-electron chi connectivity index (χ0n) is 10.6. The lowest BCUT2D eigenvalue weighted by atomic mass is 10.0. The highest BCUT2D eigenvalue weighted by Gasteiger charge is 2.29. The first-order valence-corrected chi connectivity index (χ1v) is 6.26. The summed E-state index contributed by atoms with van der Waals surface area (Å²) in [4.78, 5) is 13.8. The quantitative estimate of drug-likeness (QED) is 0.724. The lowest BCUT2D eigenvalue weighted by Crippen LogP contribution is -2.52. The number of nitrogens with one attached hydrogen (secondary N) is 1. The molecule has 1 aliphatic rings. The Morgan fingerprint density at radius 3 is 2.81 bits per heavy atom. The summed E-state index contributed by atoms with van der Waals surface area (Å²) in [5.41, 5.74) is 0. The number of nitrogens with zero attached hydrogens (tertiary/aromatic N) is 1. The van der Waals surface area contributed by atoms with Gasteiger partial charge >= 0.3 is 0 Å². The number of carbonyl (C=O) groups is 1. The molecule has 1 heterocycles. The van der Waals surface area contributed by atoms with E-state index in [0.717, 1.165) is 25.9 Å². The van der Waals surface area contributed by atoms with Gasteiger partial charge in [0.2, 0.25) is 5.91 Å². The van der Waals surface area contributed by atoms with Crippen LogP contribution in [0.4, 0.5) is 0 Å². The SMILES string of the molecule is CCNC1CCCN(CC(O)C(C)C)C1=O. The molecule has 1 amide bonds. The van der Waals surface area contributed by atoms with E-state index in [-0.39, 0.29) is 17.9 Å². The monoisotopic (exact) mass is 228 g/mol. The third-order valence-corrected chi connectivity index (χ3v) is 3.16. The average Bonchev–Trinajstić information content (AvgIpc) is 2.24. The summed E-state index contributed by atoms with van der Waals surface area (Å²) >= 11 is 0. The summed E-state index contributed by atoms with van der Waals surface area (Å²) in [6.07, 6.45) is 1.53. The van der Waals surface area contributed by atoms with Crippen LogP contribution >= 0.6 is 0 Å². The Hall–Kier alpha value is -0.610. The van der Waals surface area contributed by atoms with E-state index in [1.165, 1.54) is 0 Å². The molecule has 0 aromatic heterocycles. The normalized spacial score (nSPS) is 23.9. The molecule has 0 saturated carbocycles. The topological polar surface area (TPSA) is 52.6 Å². The Kier molecular flexibility index (Phi) is 5.22. The van der Waals surface area contributed by atoms with Crippen LogP contribution in [-0.4, -0.2) is 47.7 Å². The van der Waals surface area contributed by atoms with Crippen molar-refractivity contribution in [2.24, 2.45) is 5.92 Å². The lowest BCUT2D eigenvalue weighted by molar-refractivity contribution is -0.137. The van der Waals surface area contributed by atoms with E-state index < -0.39 is 6.10 Å². The number of hydrogen-bond donors (Lipinski definition) is 2. The summed E-state index contributed by atoms with van der Waals surface area (Å²) < 4.78 is 0. The first-order valence-electron chi connectivity index (χ1n) is 6.26. The third-order valence-electron chi connectivity index (χ3n) is 3.16. The second kappa shape index (κ2) is 6.21. The molecule has 0 spiro atoms. The number of likely N-dealkylation sites (N-methyl/N-ethyl adjacent to an activating group) is 1. The number of hydrogen-bond acceptors (Lipinski definition) is 3. The van der Waals surface area contributed by atoms with Crippen molar-refractivity contribution in [3.05, 3.63) is 0 Å². The number of rotatable bonds is 5. The van der Waals surface area contributed by atoms with E-state index in [1.54, 1.807) is 4.90 Å². The van der Waals surface area contributed by atoms with E-state index in [0.29, 0.717) is 6.54 Å². The van der Waals surface area contributed by atoms with Crippen molar-refractivity contribution in [3.8, 4) is 0 Å². The summed E-state index contributed by atoms with van der Waals surface area (Å²) in [6.45, 7) is 8.02. The van der Waals surface area contributed by atoms with Gasteiger partial charge < -0.3 is 15.3 Å². The molecule has 16 heavy (non-hydrogen) atoms. The molecule has 0 aromatic carbocycles. The van der Waals surface area contributed by atoms with Crippen molar-refractivity contribution < 1.29 is 9.90 Å². The first-order chi connectivity index (χ1) is 7.56. The van der Waals surface area contributed by atoms with Crippen LogP contribution in [0.2, 0.25) is 0 Å². The van der Waals surface area contributed by atoms with Gasteiger partial charge in [-0.25, -0.2) is 0 Å². The fourth-order valence-corrected chi connectivity index (χ4v) is 1.99. The molecule has 2 unspecified atom stereocenters. The summed E-state index contributed by atoms with van der Waals surface area (Å²) in [5, 5.41) is 13.0. The summed E-state index contributed by atoms with van der Waals surface area (Å²) in [5.74, 6) is 0.347. The van der Waals surface area contributed by atoms with E-state index in [1.807, 2.05) is 20.8 Å². The number of aliphatic hydroxyl groups excluding tert-OH is 1. The minimum Gasteiger partial charge on any atom is -0.391 e. The minimum absolute atomic E-state index is 0.0434. The van der Waals surface area contributed by atoms with Crippen LogP contribution in [0.5, 0.6) is 0 Å². The van der Waals surface area contributed by atoms with Gasteiger partial charge in [0.15, 0.2) is 0 Å². The maximum atomic E-state index is 12.0. The molecule has 2 N–H and O–H groups in total. The Morgan fingerprint density at radius 2 is 2.25 bits per heavy atom. The largest absolute Gasteiger partial charge is 0.391 e. The summed E-state index contributed by atoms with van der Waals surface area (Å²) in [6, 6.07) is -0.0434. The fraction of sp³-hybridized carbons (Fsp3) is 0.917. The number of carbonyl (C=O) groups excluding carboxylic acids is 1. The average molecular weight is 228 g/mol. The Balaban J connectivity index is 2.50. The van der Waals surface area contributed by atoms with Gasteiger partial charge in [-0.3, -0.25) is 4.79 Å². The smallest absolute Gasteiger partial charge is 0.239 e. The van der Waals surface area contributed by atoms with Crippen molar-refractivity contribution in [3.63, 3.8) is 0 Å². The molecule has 0 aromatic rings. The van der Waals surface area contributed by atoms with Crippen LogP contribution in [-0.2, 0) is 4.79 Å². The van der Waals surface area contributed by atoms with Gasteiger partial charge in [-0.15, -0.1) is 0 Å². The molecule has 0 aliphatic carbocycles.